The predicted molar refractivity (Wildman–Crippen MR) is 99.8 cm³/mol. The van der Waals surface area contributed by atoms with Gasteiger partial charge < -0.3 is 0 Å². The number of para-hydroxylation sites is 1. The lowest BCUT2D eigenvalue weighted by atomic mass is 10.0. The Morgan fingerprint density at radius 1 is 0.739 bits per heavy atom. The first-order valence-corrected chi connectivity index (χ1v) is 8.00. The maximum atomic E-state index is 6.59. The Labute approximate surface area is 142 Å². The molecule has 3 aromatic rings. The largest absolute Gasteiger partial charge is 0.236 e. The second kappa shape index (κ2) is 6.80. The van der Waals surface area contributed by atoms with Crippen molar-refractivity contribution in [2.45, 2.75) is 13.8 Å². The lowest BCUT2D eigenvalue weighted by Gasteiger charge is -2.10. The van der Waals surface area contributed by atoms with Crippen LogP contribution >= 0.6 is 11.6 Å². The number of hydrogen-bond donors (Lipinski definition) is 0. The summed E-state index contributed by atoms with van der Waals surface area (Å²) in [7, 11) is 0. The van der Waals surface area contributed by atoms with Crippen molar-refractivity contribution in [2.75, 3.05) is 0 Å². The molecule has 3 aromatic carbocycles. The standard InChI is InChI=1S/C21H18ClN/c1-15-9-8-10-16(2)20(15)23-21(22)19-14-7-6-13-18(19)17-11-4-3-5-12-17/h3-14H,1-2H3/b23-21-. The number of hydrogen-bond acceptors (Lipinski definition) is 1. The van der Waals surface area contributed by atoms with Gasteiger partial charge in [-0.2, -0.15) is 0 Å². The molecule has 1 nitrogen and oxygen atoms in total. The molecule has 0 aliphatic heterocycles. The maximum Gasteiger partial charge on any atom is 0.137 e. The van der Waals surface area contributed by atoms with E-state index in [9.17, 15) is 0 Å². The van der Waals surface area contributed by atoms with Crippen molar-refractivity contribution in [3.63, 3.8) is 0 Å². The summed E-state index contributed by atoms with van der Waals surface area (Å²) in [6.45, 7) is 4.11. The minimum Gasteiger partial charge on any atom is -0.236 e. The third kappa shape index (κ3) is 3.35. The zero-order chi connectivity index (χ0) is 16.2. The van der Waals surface area contributed by atoms with Gasteiger partial charge in [0.05, 0.1) is 5.69 Å². The maximum absolute atomic E-state index is 6.59. The molecule has 23 heavy (non-hydrogen) atoms. The highest BCUT2D eigenvalue weighted by molar-refractivity contribution is 6.70. The monoisotopic (exact) mass is 319 g/mol. The first-order chi connectivity index (χ1) is 11.2. The van der Waals surface area contributed by atoms with Crippen molar-refractivity contribution in [3.05, 3.63) is 89.5 Å². The first-order valence-electron chi connectivity index (χ1n) is 7.62. The zero-order valence-electron chi connectivity index (χ0n) is 13.3. The second-order valence-electron chi connectivity index (χ2n) is 5.55. The van der Waals surface area contributed by atoms with Gasteiger partial charge in [-0.05, 0) is 36.1 Å². The van der Waals surface area contributed by atoms with E-state index in [1.54, 1.807) is 0 Å². The normalized spacial score (nSPS) is 11.5. The minimum absolute atomic E-state index is 0.516. The fourth-order valence-electron chi connectivity index (χ4n) is 2.67. The van der Waals surface area contributed by atoms with E-state index < -0.39 is 0 Å². The van der Waals surface area contributed by atoms with Gasteiger partial charge in [0.1, 0.15) is 5.17 Å². The van der Waals surface area contributed by atoms with Crippen molar-refractivity contribution >= 4 is 22.5 Å². The molecular weight excluding hydrogens is 302 g/mol. The predicted octanol–water partition coefficient (Wildman–Crippen LogP) is 6.29. The van der Waals surface area contributed by atoms with Crippen molar-refractivity contribution in [1.82, 2.24) is 0 Å². The number of aliphatic imine (C=N–C) groups is 1. The molecule has 0 unspecified atom stereocenters. The number of aryl methyl sites for hydroxylation is 2. The summed E-state index contributed by atoms with van der Waals surface area (Å²) >= 11 is 6.59. The van der Waals surface area contributed by atoms with Gasteiger partial charge in [-0.1, -0.05) is 84.4 Å². The molecule has 0 N–H and O–H groups in total. The van der Waals surface area contributed by atoms with Gasteiger partial charge in [0.25, 0.3) is 0 Å². The summed E-state index contributed by atoms with van der Waals surface area (Å²) in [5.41, 5.74) is 6.37. The second-order valence-corrected chi connectivity index (χ2v) is 5.91. The van der Waals surface area contributed by atoms with E-state index in [4.69, 9.17) is 16.6 Å². The van der Waals surface area contributed by atoms with Crippen LogP contribution in [0.5, 0.6) is 0 Å². The average Bonchev–Trinajstić information content (AvgIpc) is 2.59. The smallest absolute Gasteiger partial charge is 0.137 e. The molecular formula is C21H18ClN. The molecule has 0 amide bonds. The van der Waals surface area contributed by atoms with Crippen LogP contribution in [0.2, 0.25) is 0 Å². The Morgan fingerprint density at radius 2 is 1.35 bits per heavy atom. The topological polar surface area (TPSA) is 12.4 Å². The molecule has 0 aliphatic rings. The van der Waals surface area contributed by atoms with Crippen LogP contribution in [-0.4, -0.2) is 5.17 Å². The van der Waals surface area contributed by atoms with E-state index >= 15 is 0 Å². The van der Waals surface area contributed by atoms with Crippen LogP contribution in [-0.2, 0) is 0 Å². The summed E-state index contributed by atoms with van der Waals surface area (Å²) in [5.74, 6) is 0. The highest BCUT2D eigenvalue weighted by atomic mass is 35.5. The Balaban J connectivity index is 2.11. The number of benzene rings is 3. The number of halogens is 1. The Hall–Kier alpha value is -2.38. The average molecular weight is 320 g/mol. The van der Waals surface area contributed by atoms with Gasteiger partial charge in [-0.25, -0.2) is 4.99 Å². The molecule has 0 aliphatic carbocycles. The van der Waals surface area contributed by atoms with Gasteiger partial charge in [-0.15, -0.1) is 0 Å². The van der Waals surface area contributed by atoms with Crippen LogP contribution in [0.3, 0.4) is 0 Å². The summed E-state index contributed by atoms with van der Waals surface area (Å²) in [4.78, 5) is 4.70. The molecule has 2 heteroatoms. The molecule has 0 saturated carbocycles. The number of nitrogens with zero attached hydrogens (tertiary/aromatic N) is 1. The Morgan fingerprint density at radius 3 is 2.04 bits per heavy atom. The highest BCUT2D eigenvalue weighted by Gasteiger charge is 2.10. The van der Waals surface area contributed by atoms with E-state index in [0.717, 1.165) is 33.5 Å². The molecule has 0 fully saturated rings. The Bertz CT molecular complexity index is 830. The minimum atomic E-state index is 0.516. The van der Waals surface area contributed by atoms with Gasteiger partial charge in [0, 0.05) is 5.56 Å². The van der Waals surface area contributed by atoms with Gasteiger partial charge >= 0.3 is 0 Å². The van der Waals surface area contributed by atoms with Crippen molar-refractivity contribution in [3.8, 4) is 11.1 Å². The lowest BCUT2D eigenvalue weighted by molar-refractivity contribution is 1.33. The van der Waals surface area contributed by atoms with Crippen LogP contribution in [0.4, 0.5) is 5.69 Å². The molecule has 0 aromatic heterocycles. The van der Waals surface area contributed by atoms with E-state index in [1.165, 1.54) is 0 Å². The van der Waals surface area contributed by atoms with E-state index in [2.05, 4.69) is 44.2 Å². The fraction of sp³-hybridized carbons (Fsp3) is 0.0952. The van der Waals surface area contributed by atoms with E-state index in [1.807, 2.05) is 42.5 Å². The van der Waals surface area contributed by atoms with Crippen LogP contribution in [0.15, 0.2) is 77.8 Å². The molecule has 3 rings (SSSR count). The summed E-state index contributed by atoms with van der Waals surface area (Å²) in [6.07, 6.45) is 0. The lowest BCUT2D eigenvalue weighted by Crippen LogP contribution is -1.95. The van der Waals surface area contributed by atoms with Crippen LogP contribution in [0.25, 0.3) is 11.1 Å². The van der Waals surface area contributed by atoms with Gasteiger partial charge in [0.2, 0.25) is 0 Å². The highest BCUT2D eigenvalue weighted by Crippen LogP contribution is 2.29. The van der Waals surface area contributed by atoms with Gasteiger partial charge in [0.15, 0.2) is 0 Å². The summed E-state index contributed by atoms with van der Waals surface area (Å²) in [6, 6.07) is 24.5. The van der Waals surface area contributed by atoms with E-state index in [0.29, 0.717) is 5.17 Å². The van der Waals surface area contributed by atoms with Crippen LogP contribution in [0.1, 0.15) is 16.7 Å². The third-order valence-corrected chi connectivity index (χ3v) is 4.17. The quantitative estimate of drug-likeness (QED) is 0.503. The molecule has 0 saturated heterocycles. The third-order valence-electron chi connectivity index (χ3n) is 3.88. The summed E-state index contributed by atoms with van der Waals surface area (Å²) < 4.78 is 0. The van der Waals surface area contributed by atoms with Crippen molar-refractivity contribution in [1.29, 1.82) is 0 Å². The van der Waals surface area contributed by atoms with Crippen molar-refractivity contribution < 1.29 is 0 Å². The SMILES string of the molecule is Cc1cccc(C)c1/N=C(\Cl)c1ccccc1-c1ccccc1. The molecule has 0 spiro atoms. The van der Waals surface area contributed by atoms with Crippen LogP contribution in [0, 0.1) is 13.8 Å². The molecule has 0 heterocycles. The van der Waals surface area contributed by atoms with Gasteiger partial charge in [-0.3, -0.25) is 0 Å². The number of rotatable bonds is 3. The Kier molecular flexibility index (Phi) is 4.59. The molecule has 0 bridgehead atoms. The summed E-state index contributed by atoms with van der Waals surface area (Å²) in [5, 5.41) is 0.516. The van der Waals surface area contributed by atoms with Crippen molar-refractivity contribution in [2.24, 2.45) is 4.99 Å². The molecule has 0 atom stereocenters. The molecule has 114 valence electrons. The van der Waals surface area contributed by atoms with E-state index in [-0.39, 0.29) is 0 Å². The molecule has 0 radical (unpaired) electrons. The fourth-order valence-corrected chi connectivity index (χ4v) is 2.92. The van der Waals surface area contributed by atoms with Crippen LogP contribution < -0.4 is 0 Å². The zero-order valence-corrected chi connectivity index (χ0v) is 14.0. The first kappa shape index (κ1) is 15.5.